The van der Waals surface area contributed by atoms with Gasteiger partial charge in [-0.05, 0) is 60.8 Å². The molecule has 1 spiro atoms. The summed E-state index contributed by atoms with van der Waals surface area (Å²) < 4.78 is 6.08. The molecule has 0 aromatic carbocycles. The molecule has 3 fully saturated rings. The van der Waals surface area contributed by atoms with Gasteiger partial charge in [-0.3, -0.25) is 9.59 Å². The van der Waals surface area contributed by atoms with Crippen molar-refractivity contribution in [2.45, 2.75) is 64.9 Å². The van der Waals surface area contributed by atoms with Crippen molar-refractivity contribution in [1.82, 2.24) is 0 Å². The molecule has 0 radical (unpaired) electrons. The van der Waals surface area contributed by atoms with Crippen LogP contribution >= 0.6 is 0 Å². The Hall–Kier alpha value is -1.42. The molecular formula is C24H32O4. The van der Waals surface area contributed by atoms with Crippen LogP contribution in [0.25, 0.3) is 0 Å². The van der Waals surface area contributed by atoms with E-state index in [4.69, 9.17) is 4.74 Å². The molecule has 152 valence electrons. The highest BCUT2D eigenvalue weighted by molar-refractivity contribution is 5.91. The first-order valence-electron chi connectivity index (χ1n) is 11.0. The van der Waals surface area contributed by atoms with E-state index in [-0.39, 0.29) is 40.7 Å². The Kier molecular flexibility index (Phi) is 3.86. The van der Waals surface area contributed by atoms with Gasteiger partial charge in [-0.2, -0.15) is 0 Å². The lowest BCUT2D eigenvalue weighted by Crippen LogP contribution is -2.54. The number of hydrogen-bond acceptors (Lipinski definition) is 4. The second-order valence-corrected chi connectivity index (χ2v) is 10.5. The highest BCUT2D eigenvalue weighted by Crippen LogP contribution is 2.69. The molecule has 4 aliphatic carbocycles. The summed E-state index contributed by atoms with van der Waals surface area (Å²) in [6, 6.07) is 0. The fourth-order valence-electron chi connectivity index (χ4n) is 8.07. The smallest absolute Gasteiger partial charge is 0.306 e. The highest BCUT2D eigenvalue weighted by Gasteiger charge is 2.68. The number of allylic oxidation sites excluding steroid dienone is 2. The van der Waals surface area contributed by atoms with Gasteiger partial charge in [-0.1, -0.05) is 38.5 Å². The maximum absolute atomic E-state index is 12.1. The normalized spacial score (nSPS) is 52.1. The van der Waals surface area contributed by atoms with Gasteiger partial charge < -0.3 is 9.84 Å². The summed E-state index contributed by atoms with van der Waals surface area (Å²) in [7, 11) is 0. The van der Waals surface area contributed by atoms with Crippen LogP contribution in [0, 0.1) is 40.4 Å². The van der Waals surface area contributed by atoms with Crippen molar-refractivity contribution >= 4 is 11.8 Å². The molecule has 4 heteroatoms. The molecule has 0 aromatic rings. The zero-order valence-corrected chi connectivity index (χ0v) is 17.2. The topological polar surface area (TPSA) is 63.6 Å². The number of carbonyl (C=O) groups excluding carboxylic acids is 2. The molecule has 1 N–H and O–H groups in total. The molecular weight excluding hydrogens is 352 g/mol. The summed E-state index contributed by atoms with van der Waals surface area (Å²) in [6.07, 6.45) is 11.4. The van der Waals surface area contributed by atoms with Crippen molar-refractivity contribution in [3.05, 3.63) is 23.8 Å². The number of ether oxygens (including phenoxy) is 1. The van der Waals surface area contributed by atoms with Crippen molar-refractivity contribution < 1.29 is 19.4 Å². The molecule has 0 aromatic heterocycles. The van der Waals surface area contributed by atoms with E-state index in [9.17, 15) is 14.7 Å². The van der Waals surface area contributed by atoms with Crippen molar-refractivity contribution in [3.63, 3.8) is 0 Å². The zero-order valence-electron chi connectivity index (χ0n) is 17.2. The Morgan fingerprint density at radius 3 is 2.64 bits per heavy atom. The minimum absolute atomic E-state index is 0.0482. The standard InChI is InChI=1S/C24H32O4/c1-14-10-20-17-11-15(13-25)19-12-16(26)4-7-22(19,2)18(17)5-8-23(20,3)24(14)9-6-21(27)28-24/h5,8,12,14-15,17-18,20,25H,4,6-7,9-11,13H2,1-3H3/t14?,15-,17?,18?,20?,22+,23-,24-/m0/s1. The van der Waals surface area contributed by atoms with Gasteiger partial charge in [0.15, 0.2) is 5.78 Å². The van der Waals surface area contributed by atoms with Gasteiger partial charge in [-0.15, -0.1) is 0 Å². The average Bonchev–Trinajstić information content (AvgIpc) is 3.16. The van der Waals surface area contributed by atoms with Crippen molar-refractivity contribution in [3.8, 4) is 0 Å². The van der Waals surface area contributed by atoms with Crippen LogP contribution in [0.4, 0.5) is 0 Å². The minimum atomic E-state index is -0.371. The van der Waals surface area contributed by atoms with Crippen molar-refractivity contribution in [2.24, 2.45) is 40.4 Å². The molecule has 1 aliphatic heterocycles. The van der Waals surface area contributed by atoms with Crippen LogP contribution < -0.4 is 0 Å². The largest absolute Gasteiger partial charge is 0.458 e. The molecule has 0 amide bonds. The Morgan fingerprint density at radius 1 is 1.18 bits per heavy atom. The van der Waals surface area contributed by atoms with E-state index in [2.05, 4.69) is 32.9 Å². The minimum Gasteiger partial charge on any atom is -0.458 e. The quantitative estimate of drug-likeness (QED) is 0.551. The monoisotopic (exact) mass is 384 g/mol. The van der Waals surface area contributed by atoms with Gasteiger partial charge in [0, 0.05) is 30.8 Å². The number of rotatable bonds is 1. The Labute approximate surface area is 167 Å². The third-order valence-electron chi connectivity index (χ3n) is 9.53. The Bertz CT molecular complexity index is 796. The van der Waals surface area contributed by atoms with Crippen LogP contribution in [-0.4, -0.2) is 29.1 Å². The molecule has 0 bridgehead atoms. The fraction of sp³-hybridized carbons (Fsp3) is 0.750. The predicted octanol–water partition coefficient (Wildman–Crippen LogP) is 3.83. The van der Waals surface area contributed by atoms with Gasteiger partial charge >= 0.3 is 5.97 Å². The van der Waals surface area contributed by atoms with Gasteiger partial charge in [0.1, 0.15) is 5.60 Å². The molecule has 2 saturated carbocycles. The Balaban J connectivity index is 1.60. The number of fused-ring (bicyclic) bond motifs is 6. The molecule has 1 heterocycles. The summed E-state index contributed by atoms with van der Waals surface area (Å²) >= 11 is 0. The summed E-state index contributed by atoms with van der Waals surface area (Å²) in [4.78, 5) is 24.2. The molecule has 8 atom stereocenters. The number of hydrogen-bond donors (Lipinski definition) is 1. The number of aliphatic hydroxyl groups is 1. The summed E-state index contributed by atoms with van der Waals surface area (Å²) in [5.74, 6) is 1.89. The molecule has 5 aliphatic rings. The van der Waals surface area contributed by atoms with Gasteiger partial charge in [0.2, 0.25) is 0 Å². The summed E-state index contributed by atoms with van der Waals surface area (Å²) in [5, 5.41) is 10.2. The Morgan fingerprint density at radius 2 is 1.96 bits per heavy atom. The van der Waals surface area contributed by atoms with Crippen LogP contribution in [0.3, 0.4) is 0 Å². The fourth-order valence-corrected chi connectivity index (χ4v) is 8.07. The third kappa shape index (κ3) is 2.10. The van der Waals surface area contributed by atoms with Crippen LogP contribution in [0.5, 0.6) is 0 Å². The van der Waals surface area contributed by atoms with Crippen LogP contribution in [0.1, 0.15) is 59.3 Å². The zero-order chi connectivity index (χ0) is 19.9. The van der Waals surface area contributed by atoms with E-state index in [1.807, 2.05) is 6.08 Å². The highest BCUT2D eigenvalue weighted by atomic mass is 16.6. The van der Waals surface area contributed by atoms with E-state index >= 15 is 0 Å². The third-order valence-corrected chi connectivity index (χ3v) is 9.53. The van der Waals surface area contributed by atoms with E-state index < -0.39 is 0 Å². The molecule has 1 saturated heterocycles. The second kappa shape index (κ2) is 5.81. The van der Waals surface area contributed by atoms with Gasteiger partial charge in [0.25, 0.3) is 0 Å². The molecule has 28 heavy (non-hydrogen) atoms. The van der Waals surface area contributed by atoms with E-state index in [0.29, 0.717) is 36.5 Å². The SMILES string of the molecule is CC1CC2C3C[C@@H](CO)C4=CC(=O)CC[C@]4(C)C3C=C[C@]2(C)[C@]12CCC(=O)O2. The predicted molar refractivity (Wildman–Crippen MR) is 105 cm³/mol. The lowest BCUT2D eigenvalue weighted by molar-refractivity contribution is -0.162. The van der Waals surface area contributed by atoms with Gasteiger partial charge in [-0.25, -0.2) is 0 Å². The number of esters is 1. The van der Waals surface area contributed by atoms with Crippen LogP contribution in [0.15, 0.2) is 23.8 Å². The number of ketones is 1. The summed E-state index contributed by atoms with van der Waals surface area (Å²) in [5.41, 5.74) is 0.619. The van der Waals surface area contributed by atoms with Crippen LogP contribution in [-0.2, 0) is 14.3 Å². The van der Waals surface area contributed by atoms with E-state index in [1.54, 1.807) is 0 Å². The first kappa shape index (κ1) is 18.6. The summed E-state index contributed by atoms with van der Waals surface area (Å²) in [6.45, 7) is 6.98. The number of aliphatic hydroxyl groups excluding tert-OH is 1. The van der Waals surface area contributed by atoms with Crippen molar-refractivity contribution in [1.29, 1.82) is 0 Å². The van der Waals surface area contributed by atoms with E-state index in [1.165, 1.54) is 5.57 Å². The average molecular weight is 385 g/mol. The van der Waals surface area contributed by atoms with Crippen LogP contribution in [0.2, 0.25) is 0 Å². The first-order chi connectivity index (χ1) is 13.2. The van der Waals surface area contributed by atoms with Crippen molar-refractivity contribution in [2.75, 3.05) is 6.61 Å². The maximum atomic E-state index is 12.1. The molecule has 5 rings (SSSR count). The molecule has 4 unspecified atom stereocenters. The first-order valence-corrected chi connectivity index (χ1v) is 11.0. The number of carbonyl (C=O) groups is 2. The lowest BCUT2D eigenvalue weighted by Gasteiger charge is -2.58. The maximum Gasteiger partial charge on any atom is 0.306 e. The molecule has 4 nitrogen and oxygen atoms in total. The van der Waals surface area contributed by atoms with Gasteiger partial charge in [0.05, 0.1) is 0 Å². The second-order valence-electron chi connectivity index (χ2n) is 10.5. The van der Waals surface area contributed by atoms with E-state index in [0.717, 1.165) is 25.7 Å². The lowest BCUT2D eigenvalue weighted by atomic mass is 9.47.